The van der Waals surface area contributed by atoms with Crippen LogP contribution in [0.3, 0.4) is 0 Å². The summed E-state index contributed by atoms with van der Waals surface area (Å²) in [6.45, 7) is 4.14. The third-order valence-electron chi connectivity index (χ3n) is 6.51. The van der Waals surface area contributed by atoms with Crippen molar-refractivity contribution in [3.8, 4) is 0 Å². The highest BCUT2D eigenvalue weighted by molar-refractivity contribution is 6.06. The molecule has 0 spiro atoms. The maximum Gasteiger partial charge on any atom is 0.336 e. The van der Waals surface area contributed by atoms with Crippen LogP contribution in [0, 0.1) is 0 Å². The second-order valence-electron chi connectivity index (χ2n) is 9.02. The molecule has 1 aliphatic heterocycles. The Kier molecular flexibility index (Phi) is 9.48. The Labute approximate surface area is 229 Å². The maximum absolute atomic E-state index is 13.4. The number of ether oxygens (including phenoxy) is 1. The molecule has 0 radical (unpaired) electrons. The molecule has 2 aliphatic rings. The zero-order valence-electron chi connectivity index (χ0n) is 22.5. The van der Waals surface area contributed by atoms with E-state index in [0.29, 0.717) is 40.8 Å². The van der Waals surface area contributed by atoms with Gasteiger partial charge in [-0.3, -0.25) is 19.5 Å². The van der Waals surface area contributed by atoms with Crippen molar-refractivity contribution in [1.82, 2.24) is 10.8 Å². The molecule has 202 valence electrons. The van der Waals surface area contributed by atoms with Gasteiger partial charge >= 0.3 is 5.97 Å². The molecule has 0 bridgehead atoms. The van der Waals surface area contributed by atoms with E-state index in [1.165, 1.54) is 4.90 Å². The van der Waals surface area contributed by atoms with Crippen molar-refractivity contribution in [2.75, 3.05) is 25.2 Å². The number of carbonyl (C=O) groups is 2. The van der Waals surface area contributed by atoms with Crippen molar-refractivity contribution in [2.24, 2.45) is 4.99 Å². The second-order valence-corrected chi connectivity index (χ2v) is 9.02. The van der Waals surface area contributed by atoms with Crippen molar-refractivity contribution in [3.05, 3.63) is 113 Å². The summed E-state index contributed by atoms with van der Waals surface area (Å²) in [6, 6.07) is 18.9. The number of esters is 1. The quantitative estimate of drug-likeness (QED) is 0.150. The molecule has 0 aromatic heterocycles. The molecule has 2 aromatic rings. The van der Waals surface area contributed by atoms with Crippen LogP contribution < -0.4 is 15.7 Å². The average molecular weight is 527 g/mol. The Hall–Kier alpha value is -4.43. The highest BCUT2D eigenvalue weighted by atomic mass is 16.6. The molecule has 1 amide bonds. The number of rotatable bonds is 10. The first kappa shape index (κ1) is 27.6. The van der Waals surface area contributed by atoms with Gasteiger partial charge < -0.3 is 10.1 Å². The number of anilines is 1. The number of dihydropyridines is 1. The lowest BCUT2D eigenvalue weighted by molar-refractivity contribution is -0.138. The number of para-hydroxylation sites is 1. The monoisotopic (exact) mass is 526 g/mol. The Morgan fingerprint density at radius 3 is 2.44 bits per heavy atom. The van der Waals surface area contributed by atoms with Gasteiger partial charge in [-0.2, -0.15) is 0 Å². The third kappa shape index (κ3) is 6.35. The topological polar surface area (TPSA) is 92.3 Å². The molecule has 4 rings (SSSR count). The molecular formula is C31H34N4O4. The predicted molar refractivity (Wildman–Crippen MR) is 153 cm³/mol. The zero-order chi connectivity index (χ0) is 27.6. The Balaban J connectivity index is 1.86. The van der Waals surface area contributed by atoms with Crippen LogP contribution in [-0.2, 0) is 19.2 Å². The van der Waals surface area contributed by atoms with E-state index in [2.05, 4.69) is 27.9 Å². The van der Waals surface area contributed by atoms with Crippen molar-refractivity contribution in [2.45, 2.75) is 32.6 Å². The van der Waals surface area contributed by atoms with Gasteiger partial charge in [-0.15, -0.1) is 0 Å². The largest absolute Gasteiger partial charge is 0.463 e. The van der Waals surface area contributed by atoms with Crippen LogP contribution in [0.1, 0.15) is 38.2 Å². The van der Waals surface area contributed by atoms with Gasteiger partial charge in [-0.25, -0.2) is 10.3 Å². The summed E-state index contributed by atoms with van der Waals surface area (Å²) in [4.78, 5) is 37.9. The predicted octanol–water partition coefficient (Wildman–Crippen LogP) is 4.91. The smallest absolute Gasteiger partial charge is 0.336 e. The summed E-state index contributed by atoms with van der Waals surface area (Å²) in [5.74, 6) is -0.205. The minimum Gasteiger partial charge on any atom is -0.463 e. The van der Waals surface area contributed by atoms with Crippen LogP contribution in [0.4, 0.5) is 5.69 Å². The molecule has 1 heterocycles. The first-order valence-electron chi connectivity index (χ1n) is 13.0. The van der Waals surface area contributed by atoms with Crippen molar-refractivity contribution in [1.29, 1.82) is 0 Å². The van der Waals surface area contributed by atoms with E-state index in [4.69, 9.17) is 9.57 Å². The Morgan fingerprint density at radius 1 is 1.10 bits per heavy atom. The van der Waals surface area contributed by atoms with Crippen LogP contribution in [0.5, 0.6) is 0 Å². The molecule has 1 unspecified atom stereocenters. The third-order valence-corrected chi connectivity index (χ3v) is 6.51. The van der Waals surface area contributed by atoms with Gasteiger partial charge in [0.1, 0.15) is 5.82 Å². The minimum atomic E-state index is -0.601. The fourth-order valence-corrected chi connectivity index (χ4v) is 4.72. The maximum atomic E-state index is 13.4. The van der Waals surface area contributed by atoms with Crippen LogP contribution >= 0.6 is 0 Å². The van der Waals surface area contributed by atoms with Gasteiger partial charge in [-0.05, 0) is 50.0 Å². The number of hydrogen-bond acceptors (Lipinski definition) is 6. The number of hydroxylamine groups is 1. The summed E-state index contributed by atoms with van der Waals surface area (Å²) in [5.41, 5.74) is 7.15. The normalized spacial score (nSPS) is 17.4. The SMILES string of the molecule is CCOC(=O)C1=C(C)NC(N(C=O)c2ccccc2)=C(C(=NC)NOCC2=CCCC=C2)C1c1ccccc1. The number of aliphatic imine (C=N–C) groups is 1. The second kappa shape index (κ2) is 13.4. The molecule has 2 aromatic carbocycles. The highest BCUT2D eigenvalue weighted by Gasteiger charge is 2.39. The molecule has 2 N–H and O–H groups in total. The molecule has 39 heavy (non-hydrogen) atoms. The molecule has 0 saturated heterocycles. The summed E-state index contributed by atoms with van der Waals surface area (Å²) >= 11 is 0. The standard InChI is InChI=1S/C31H34N4O4/c1-4-38-31(37)26-22(2)33-30(35(21-36)25-18-12-7-13-19-25)28(27(26)24-16-10-6-11-17-24)29(32-3)34-39-20-23-14-8-5-9-15-23/h6-8,10-19,21,27,33H,4-5,9,20H2,1-3H3,(H,32,34). The number of benzene rings is 2. The lowest BCUT2D eigenvalue weighted by atomic mass is 9.80. The lowest BCUT2D eigenvalue weighted by Gasteiger charge is -2.36. The van der Waals surface area contributed by atoms with E-state index in [-0.39, 0.29) is 6.61 Å². The van der Waals surface area contributed by atoms with Crippen LogP contribution in [0.15, 0.2) is 112 Å². The fraction of sp³-hybridized carbons (Fsp3) is 0.258. The number of carbonyl (C=O) groups excluding carboxylic acids is 2. The molecule has 1 aliphatic carbocycles. The molecule has 0 saturated carbocycles. The number of nitrogens with zero attached hydrogens (tertiary/aromatic N) is 2. The summed E-state index contributed by atoms with van der Waals surface area (Å²) < 4.78 is 5.48. The lowest BCUT2D eigenvalue weighted by Crippen LogP contribution is -2.42. The van der Waals surface area contributed by atoms with E-state index in [0.717, 1.165) is 30.4 Å². The zero-order valence-corrected chi connectivity index (χ0v) is 22.5. The van der Waals surface area contributed by atoms with Crippen LogP contribution in [0.25, 0.3) is 0 Å². The van der Waals surface area contributed by atoms with E-state index >= 15 is 0 Å². The number of nitrogens with one attached hydrogen (secondary N) is 2. The van der Waals surface area contributed by atoms with Gasteiger partial charge in [0.05, 0.1) is 30.4 Å². The minimum absolute atomic E-state index is 0.228. The van der Waals surface area contributed by atoms with Gasteiger partial charge in [0.15, 0.2) is 5.84 Å². The first-order chi connectivity index (χ1) is 19.1. The van der Waals surface area contributed by atoms with E-state index in [1.807, 2.05) is 73.7 Å². The van der Waals surface area contributed by atoms with Gasteiger partial charge in [-0.1, -0.05) is 66.8 Å². The molecule has 0 fully saturated rings. The molecule has 8 nitrogen and oxygen atoms in total. The fourth-order valence-electron chi connectivity index (χ4n) is 4.72. The Bertz CT molecular complexity index is 1330. The summed E-state index contributed by atoms with van der Waals surface area (Å²) in [5, 5.41) is 3.31. The van der Waals surface area contributed by atoms with Crippen molar-refractivity contribution in [3.63, 3.8) is 0 Å². The van der Waals surface area contributed by atoms with Gasteiger partial charge in [0.25, 0.3) is 0 Å². The van der Waals surface area contributed by atoms with E-state index in [1.54, 1.807) is 14.0 Å². The average Bonchev–Trinajstić information content (AvgIpc) is 2.97. The summed E-state index contributed by atoms with van der Waals surface area (Å²) in [6.07, 6.45) is 9.03. The van der Waals surface area contributed by atoms with Crippen LogP contribution in [-0.4, -0.2) is 38.5 Å². The molecule has 8 heteroatoms. The first-order valence-corrected chi connectivity index (χ1v) is 13.0. The van der Waals surface area contributed by atoms with Gasteiger partial charge in [0.2, 0.25) is 6.41 Å². The Morgan fingerprint density at radius 2 is 1.82 bits per heavy atom. The molecular weight excluding hydrogens is 492 g/mol. The van der Waals surface area contributed by atoms with Crippen LogP contribution in [0.2, 0.25) is 0 Å². The van der Waals surface area contributed by atoms with Crippen molar-refractivity contribution < 1.29 is 19.2 Å². The van der Waals surface area contributed by atoms with E-state index < -0.39 is 11.9 Å². The number of allylic oxidation sites excluding steroid dienone is 3. The molecule has 1 atom stereocenters. The highest BCUT2D eigenvalue weighted by Crippen LogP contribution is 2.40. The van der Waals surface area contributed by atoms with E-state index in [9.17, 15) is 9.59 Å². The van der Waals surface area contributed by atoms with Gasteiger partial charge in [0, 0.05) is 18.3 Å². The number of amides is 1. The summed E-state index contributed by atoms with van der Waals surface area (Å²) in [7, 11) is 1.64. The number of hydrogen-bond donors (Lipinski definition) is 2. The van der Waals surface area contributed by atoms with Crippen molar-refractivity contribution >= 4 is 23.9 Å². The number of amidine groups is 1.